The zero-order chi connectivity index (χ0) is 28.7. The summed E-state index contributed by atoms with van der Waals surface area (Å²) in [6.45, 7) is -0.650. The van der Waals surface area contributed by atoms with Crippen molar-refractivity contribution in [1.29, 1.82) is 0 Å². The second-order valence-corrected chi connectivity index (χ2v) is 10.9. The van der Waals surface area contributed by atoms with Crippen LogP contribution in [0.5, 0.6) is 0 Å². The van der Waals surface area contributed by atoms with Crippen LogP contribution >= 0.6 is 22.6 Å². The molecule has 1 saturated carbocycles. The molecule has 0 radical (unpaired) electrons. The number of hydrogen-bond donors (Lipinski definition) is 3. The third-order valence-electron chi connectivity index (χ3n) is 7.34. The van der Waals surface area contributed by atoms with Crippen LogP contribution < -0.4 is 4.90 Å². The summed E-state index contributed by atoms with van der Waals surface area (Å²) in [7, 11) is 1.31. The highest BCUT2D eigenvalue weighted by atomic mass is 127. The molecule has 0 bridgehead atoms. The fourth-order valence-corrected chi connectivity index (χ4v) is 5.66. The smallest absolute Gasteiger partial charge is 0.259 e. The van der Waals surface area contributed by atoms with E-state index < -0.39 is 72.6 Å². The molecule has 10 nitrogen and oxygen atoms in total. The highest BCUT2D eigenvalue weighted by Crippen LogP contribution is 2.37. The normalized spacial score (nSPS) is 28.2. The number of halogens is 4. The van der Waals surface area contributed by atoms with Crippen LogP contribution in [0.15, 0.2) is 42.6 Å². The fourth-order valence-electron chi connectivity index (χ4n) is 5.13. The van der Waals surface area contributed by atoms with Crippen LogP contribution in [0.2, 0.25) is 0 Å². The van der Waals surface area contributed by atoms with E-state index in [-0.39, 0.29) is 11.3 Å². The summed E-state index contributed by atoms with van der Waals surface area (Å²) < 4.78 is 54.7. The monoisotopic (exact) mass is 674 g/mol. The van der Waals surface area contributed by atoms with Crippen molar-refractivity contribution >= 4 is 34.2 Å². The minimum absolute atomic E-state index is 0.0344. The van der Waals surface area contributed by atoms with Gasteiger partial charge >= 0.3 is 0 Å². The average molecular weight is 674 g/mol. The lowest BCUT2D eigenvalue weighted by Gasteiger charge is -2.47. The van der Waals surface area contributed by atoms with Crippen LogP contribution in [0.3, 0.4) is 0 Å². The number of nitrogens with zero attached hydrogens (tertiary/aromatic N) is 4. The van der Waals surface area contributed by atoms with Crippen molar-refractivity contribution in [2.24, 2.45) is 0 Å². The summed E-state index contributed by atoms with van der Waals surface area (Å²) >= 11 is 2.11. The molecule has 7 atom stereocenters. The molecule has 1 aromatic heterocycles. The quantitative estimate of drug-likeness (QED) is 0.257. The number of hydrogen-bond acceptors (Lipinski definition) is 8. The first-order valence-corrected chi connectivity index (χ1v) is 13.5. The van der Waals surface area contributed by atoms with Crippen molar-refractivity contribution in [2.75, 3.05) is 18.6 Å². The molecule has 14 heteroatoms. The number of aliphatic hydroxyl groups is 3. The number of methoxy groups -OCH3 is 1. The van der Waals surface area contributed by atoms with E-state index >= 15 is 0 Å². The lowest BCUT2D eigenvalue weighted by atomic mass is 9.85. The predicted molar refractivity (Wildman–Crippen MR) is 143 cm³/mol. The minimum Gasteiger partial charge on any atom is -0.394 e. The molecular weight excluding hydrogens is 648 g/mol. The van der Waals surface area contributed by atoms with Gasteiger partial charge in [0.1, 0.15) is 30.0 Å². The van der Waals surface area contributed by atoms with Gasteiger partial charge in [0.25, 0.3) is 5.91 Å². The van der Waals surface area contributed by atoms with Crippen LogP contribution in [0.4, 0.5) is 18.9 Å². The summed E-state index contributed by atoms with van der Waals surface area (Å²) in [4.78, 5) is 15.6. The van der Waals surface area contributed by atoms with E-state index in [0.717, 1.165) is 20.4 Å². The van der Waals surface area contributed by atoms with Gasteiger partial charge in [-0.15, -0.1) is 5.10 Å². The molecule has 2 aromatic carbocycles. The van der Waals surface area contributed by atoms with Crippen molar-refractivity contribution in [1.82, 2.24) is 15.0 Å². The maximum Gasteiger partial charge on any atom is 0.259 e. The first kappa shape index (κ1) is 28.9. The van der Waals surface area contributed by atoms with Crippen molar-refractivity contribution in [2.45, 2.75) is 55.4 Å². The fraction of sp³-hybridized carbons (Fsp3) is 0.423. The van der Waals surface area contributed by atoms with Crippen molar-refractivity contribution < 1.29 is 42.8 Å². The number of carbonyl (C=O) groups is 1. The summed E-state index contributed by atoms with van der Waals surface area (Å²) in [5.41, 5.74) is 0.395. The van der Waals surface area contributed by atoms with E-state index in [4.69, 9.17) is 9.47 Å². The van der Waals surface area contributed by atoms with Gasteiger partial charge in [0.15, 0.2) is 23.6 Å². The van der Waals surface area contributed by atoms with Crippen LogP contribution in [0.1, 0.15) is 18.9 Å². The molecule has 1 aliphatic carbocycles. The molecule has 5 rings (SSSR count). The van der Waals surface area contributed by atoms with E-state index in [9.17, 15) is 33.3 Å². The molecule has 1 saturated heterocycles. The Balaban J connectivity index is 1.52. The van der Waals surface area contributed by atoms with Gasteiger partial charge in [-0.05, 0) is 65.8 Å². The Kier molecular flexibility index (Phi) is 8.45. The molecule has 1 aliphatic heterocycles. The Bertz CT molecular complexity index is 1370. The summed E-state index contributed by atoms with van der Waals surface area (Å²) in [6.07, 6.45) is -3.60. The Labute approximate surface area is 240 Å². The van der Waals surface area contributed by atoms with E-state index in [0.29, 0.717) is 18.5 Å². The van der Waals surface area contributed by atoms with Gasteiger partial charge in [-0.3, -0.25) is 4.79 Å². The van der Waals surface area contributed by atoms with Crippen LogP contribution in [-0.4, -0.2) is 86.5 Å². The van der Waals surface area contributed by atoms with E-state index in [1.807, 2.05) is 6.07 Å². The third-order valence-corrected chi connectivity index (χ3v) is 8.01. The van der Waals surface area contributed by atoms with Gasteiger partial charge in [0, 0.05) is 21.9 Å². The molecule has 40 heavy (non-hydrogen) atoms. The van der Waals surface area contributed by atoms with Crippen LogP contribution in [0.25, 0.3) is 11.3 Å². The number of benzene rings is 2. The van der Waals surface area contributed by atoms with Gasteiger partial charge in [0.05, 0.1) is 24.9 Å². The van der Waals surface area contributed by atoms with Crippen molar-refractivity contribution in [3.63, 3.8) is 0 Å². The topological polar surface area (TPSA) is 130 Å². The number of rotatable bonds is 7. The van der Waals surface area contributed by atoms with Gasteiger partial charge in [-0.25, -0.2) is 17.9 Å². The standard InChI is InChI=1S/C26H26F3IN4O6/c1-39-24-22(33-10-17(31-32-33)12-7-15(27)21(29)16(28)8-12)23(37)20(11-35)40-25(24)26(38)34(18-5-6-19(18)36)14-4-2-3-13(30)9-14/h2-4,7-10,18-20,22-25,35-37H,5-6,11H2,1H3/t18-,19-,20+,22-,23-,24+,25+/m0/s1. The lowest BCUT2D eigenvalue weighted by Crippen LogP contribution is -2.64. The maximum absolute atomic E-state index is 14.1. The molecule has 3 N–H and O–H groups in total. The number of aromatic nitrogens is 3. The number of amides is 1. The van der Waals surface area contributed by atoms with E-state index in [1.165, 1.54) is 18.2 Å². The second-order valence-electron chi connectivity index (χ2n) is 9.70. The van der Waals surface area contributed by atoms with Gasteiger partial charge < -0.3 is 29.7 Å². The number of anilines is 1. The lowest BCUT2D eigenvalue weighted by molar-refractivity contribution is -0.211. The minimum atomic E-state index is -1.63. The molecule has 1 amide bonds. The molecule has 2 heterocycles. The zero-order valence-electron chi connectivity index (χ0n) is 21.1. The second kappa shape index (κ2) is 11.7. The molecular formula is C26H26F3IN4O6. The maximum atomic E-state index is 14.1. The molecule has 3 aromatic rings. The first-order chi connectivity index (χ1) is 19.1. The molecule has 0 unspecified atom stereocenters. The Morgan fingerprint density at radius 2 is 1.93 bits per heavy atom. The van der Waals surface area contributed by atoms with Gasteiger partial charge in [-0.2, -0.15) is 0 Å². The summed E-state index contributed by atoms with van der Waals surface area (Å²) in [6, 6.07) is 7.01. The van der Waals surface area contributed by atoms with Crippen LogP contribution in [0, 0.1) is 21.0 Å². The number of aliphatic hydroxyl groups excluding tert-OH is 3. The van der Waals surface area contributed by atoms with Crippen LogP contribution in [-0.2, 0) is 14.3 Å². The zero-order valence-corrected chi connectivity index (χ0v) is 23.2. The number of carbonyl (C=O) groups excluding carboxylic acids is 1. The Morgan fingerprint density at radius 3 is 2.50 bits per heavy atom. The van der Waals surface area contributed by atoms with Gasteiger partial charge in [-0.1, -0.05) is 11.3 Å². The number of ether oxygens (including phenoxy) is 2. The molecule has 2 fully saturated rings. The van der Waals surface area contributed by atoms with E-state index in [1.54, 1.807) is 18.2 Å². The molecule has 0 spiro atoms. The first-order valence-electron chi connectivity index (χ1n) is 12.4. The average Bonchev–Trinajstić information content (AvgIpc) is 3.42. The van der Waals surface area contributed by atoms with Crippen molar-refractivity contribution in [3.8, 4) is 11.3 Å². The third kappa shape index (κ3) is 5.23. The largest absolute Gasteiger partial charge is 0.394 e. The molecule has 214 valence electrons. The van der Waals surface area contributed by atoms with E-state index in [2.05, 4.69) is 32.9 Å². The Morgan fingerprint density at radius 1 is 1.20 bits per heavy atom. The summed E-state index contributed by atoms with van der Waals surface area (Å²) in [5, 5.41) is 39.5. The molecule has 2 aliphatic rings. The predicted octanol–water partition coefficient (Wildman–Crippen LogP) is 2.20. The van der Waals surface area contributed by atoms with Crippen molar-refractivity contribution in [3.05, 3.63) is 63.6 Å². The van der Waals surface area contributed by atoms with Gasteiger partial charge in [0.2, 0.25) is 0 Å². The highest BCUT2D eigenvalue weighted by Gasteiger charge is 2.52. The Hall–Kier alpha value is -2.63. The SMILES string of the molecule is CO[C@@H]1[C@@H](n2cc(-c3cc(F)c(F)c(F)c3)nn2)[C@@H](O)[C@@H](CO)O[C@H]1C(=O)N(c1cccc(I)c1)[C@H]1CC[C@@H]1O. The summed E-state index contributed by atoms with van der Waals surface area (Å²) in [5.74, 6) is -5.01. The highest BCUT2D eigenvalue weighted by molar-refractivity contribution is 14.1.